The molecule has 1 atom stereocenters. The van der Waals surface area contributed by atoms with Crippen LogP contribution in [0.3, 0.4) is 0 Å². The maximum Gasteiger partial charge on any atom is 0.191 e. The van der Waals surface area contributed by atoms with Crippen molar-refractivity contribution < 1.29 is 13.5 Å². The molecule has 8 heteroatoms. The van der Waals surface area contributed by atoms with E-state index in [2.05, 4.69) is 15.6 Å². The predicted octanol–water partition coefficient (Wildman–Crippen LogP) is 2.11. The first-order chi connectivity index (χ1) is 11.8. The summed E-state index contributed by atoms with van der Waals surface area (Å²) >= 11 is 0. The van der Waals surface area contributed by atoms with E-state index in [1.807, 2.05) is 37.3 Å². The molecule has 148 valence electrons. The van der Waals surface area contributed by atoms with Crippen LogP contribution in [0.5, 0.6) is 0 Å². The third-order valence-electron chi connectivity index (χ3n) is 4.34. The molecule has 1 saturated carbocycles. The number of aliphatic hydroxyl groups is 1. The SMILES string of the molecule is CCNC(=NCC1(CS(C)(=O)=O)CC1)NCCC(O)c1ccccc1.I. The van der Waals surface area contributed by atoms with Crippen molar-refractivity contribution in [3.8, 4) is 0 Å². The second-order valence-corrected chi connectivity index (χ2v) is 9.05. The van der Waals surface area contributed by atoms with E-state index in [1.54, 1.807) is 0 Å². The molecule has 6 nitrogen and oxygen atoms in total. The lowest BCUT2D eigenvalue weighted by molar-refractivity contribution is 0.168. The van der Waals surface area contributed by atoms with E-state index < -0.39 is 15.9 Å². The van der Waals surface area contributed by atoms with Crippen molar-refractivity contribution in [2.45, 2.75) is 32.3 Å². The molecule has 0 amide bonds. The van der Waals surface area contributed by atoms with E-state index in [4.69, 9.17) is 0 Å². The highest BCUT2D eigenvalue weighted by Gasteiger charge is 2.45. The molecule has 0 radical (unpaired) electrons. The van der Waals surface area contributed by atoms with Crippen molar-refractivity contribution >= 4 is 39.8 Å². The first-order valence-electron chi connectivity index (χ1n) is 8.76. The first-order valence-corrected chi connectivity index (χ1v) is 10.8. The molecular formula is C18H30IN3O3S. The number of aliphatic imine (C=N–C) groups is 1. The molecule has 1 unspecified atom stereocenters. The molecule has 0 saturated heterocycles. The summed E-state index contributed by atoms with van der Waals surface area (Å²) in [5.74, 6) is 0.873. The minimum Gasteiger partial charge on any atom is -0.388 e. The number of sulfone groups is 1. The average molecular weight is 495 g/mol. The fourth-order valence-corrected chi connectivity index (χ4v) is 4.33. The van der Waals surface area contributed by atoms with Gasteiger partial charge in [-0.25, -0.2) is 8.42 Å². The number of nitrogens with zero attached hydrogens (tertiary/aromatic N) is 1. The number of guanidine groups is 1. The van der Waals surface area contributed by atoms with E-state index in [1.165, 1.54) is 6.26 Å². The molecule has 1 aliphatic rings. The van der Waals surface area contributed by atoms with Gasteiger partial charge in [-0.1, -0.05) is 30.3 Å². The normalized spacial score (nSPS) is 17.1. The maximum atomic E-state index is 11.5. The zero-order valence-electron chi connectivity index (χ0n) is 15.4. The lowest BCUT2D eigenvalue weighted by Gasteiger charge is -2.16. The van der Waals surface area contributed by atoms with Gasteiger partial charge in [0.05, 0.1) is 11.9 Å². The molecule has 2 rings (SSSR count). The zero-order valence-corrected chi connectivity index (χ0v) is 18.6. The number of hydrogen-bond donors (Lipinski definition) is 3. The van der Waals surface area contributed by atoms with E-state index >= 15 is 0 Å². The Labute approximate surface area is 173 Å². The summed E-state index contributed by atoms with van der Waals surface area (Å²) in [6.07, 6.45) is 3.16. The Balaban J connectivity index is 0.00000338. The maximum absolute atomic E-state index is 11.5. The summed E-state index contributed by atoms with van der Waals surface area (Å²) < 4.78 is 23.1. The summed E-state index contributed by atoms with van der Waals surface area (Å²) in [7, 11) is -2.98. The molecule has 1 aliphatic carbocycles. The largest absolute Gasteiger partial charge is 0.388 e. The van der Waals surface area contributed by atoms with Crippen molar-refractivity contribution in [1.29, 1.82) is 0 Å². The van der Waals surface area contributed by atoms with Gasteiger partial charge < -0.3 is 15.7 Å². The van der Waals surface area contributed by atoms with Crippen LogP contribution in [0.25, 0.3) is 0 Å². The Bertz CT molecular complexity index is 676. The van der Waals surface area contributed by atoms with Crippen LogP contribution in [0, 0.1) is 5.41 Å². The Morgan fingerprint density at radius 2 is 1.92 bits per heavy atom. The third-order valence-corrected chi connectivity index (χ3v) is 5.47. The average Bonchev–Trinajstić information content (AvgIpc) is 3.31. The Morgan fingerprint density at radius 3 is 2.46 bits per heavy atom. The molecule has 1 aromatic rings. The van der Waals surface area contributed by atoms with Crippen molar-refractivity contribution in [2.24, 2.45) is 10.4 Å². The predicted molar refractivity (Wildman–Crippen MR) is 117 cm³/mol. The minimum atomic E-state index is -2.98. The van der Waals surface area contributed by atoms with Crippen LogP contribution in [0.4, 0.5) is 0 Å². The number of nitrogens with one attached hydrogen (secondary N) is 2. The molecule has 0 spiro atoms. The van der Waals surface area contributed by atoms with E-state index in [9.17, 15) is 13.5 Å². The van der Waals surface area contributed by atoms with E-state index in [0.29, 0.717) is 25.5 Å². The molecule has 3 N–H and O–H groups in total. The van der Waals surface area contributed by atoms with Gasteiger partial charge >= 0.3 is 0 Å². The van der Waals surface area contributed by atoms with Crippen LogP contribution in [-0.4, -0.2) is 51.1 Å². The van der Waals surface area contributed by atoms with Crippen LogP contribution in [0.2, 0.25) is 0 Å². The van der Waals surface area contributed by atoms with Crippen LogP contribution in [-0.2, 0) is 9.84 Å². The van der Waals surface area contributed by atoms with E-state index in [0.717, 1.165) is 24.9 Å². The molecule has 26 heavy (non-hydrogen) atoms. The van der Waals surface area contributed by atoms with Gasteiger partial charge in [-0.3, -0.25) is 4.99 Å². The summed E-state index contributed by atoms with van der Waals surface area (Å²) in [6.45, 7) is 3.81. The van der Waals surface area contributed by atoms with Crippen molar-refractivity contribution in [2.75, 3.05) is 31.6 Å². The fraction of sp³-hybridized carbons (Fsp3) is 0.611. The topological polar surface area (TPSA) is 90.8 Å². The van der Waals surface area contributed by atoms with Gasteiger partial charge in [0.25, 0.3) is 0 Å². The number of halogens is 1. The number of rotatable bonds is 9. The number of hydrogen-bond acceptors (Lipinski definition) is 4. The smallest absolute Gasteiger partial charge is 0.191 e. The monoisotopic (exact) mass is 495 g/mol. The highest BCUT2D eigenvalue weighted by molar-refractivity contribution is 14.0. The summed E-state index contributed by atoms with van der Waals surface area (Å²) in [4.78, 5) is 4.55. The molecule has 0 bridgehead atoms. The quantitative estimate of drug-likeness (QED) is 0.278. The molecule has 0 aromatic heterocycles. The summed E-state index contributed by atoms with van der Waals surface area (Å²) in [5, 5.41) is 16.6. The van der Waals surface area contributed by atoms with Gasteiger partial charge in [0.1, 0.15) is 9.84 Å². The Morgan fingerprint density at radius 1 is 1.27 bits per heavy atom. The van der Waals surface area contributed by atoms with Crippen LogP contribution >= 0.6 is 24.0 Å². The zero-order chi connectivity index (χ0) is 18.3. The van der Waals surface area contributed by atoms with Crippen molar-refractivity contribution in [3.05, 3.63) is 35.9 Å². The first kappa shape index (κ1) is 23.2. The Kier molecular flexibility index (Phi) is 9.32. The van der Waals surface area contributed by atoms with Gasteiger partial charge in [0, 0.05) is 31.3 Å². The molecule has 1 fully saturated rings. The molecule has 0 heterocycles. The second kappa shape index (κ2) is 10.5. The fourth-order valence-electron chi connectivity index (χ4n) is 2.84. The highest BCUT2D eigenvalue weighted by Crippen LogP contribution is 2.46. The van der Waals surface area contributed by atoms with Crippen LogP contribution < -0.4 is 10.6 Å². The highest BCUT2D eigenvalue weighted by atomic mass is 127. The molecular weight excluding hydrogens is 465 g/mol. The van der Waals surface area contributed by atoms with Gasteiger partial charge in [-0.2, -0.15) is 0 Å². The molecule has 0 aliphatic heterocycles. The van der Waals surface area contributed by atoms with Gasteiger partial charge in [-0.05, 0) is 31.7 Å². The lowest BCUT2D eigenvalue weighted by Crippen LogP contribution is -2.38. The van der Waals surface area contributed by atoms with Crippen LogP contribution in [0.1, 0.15) is 37.9 Å². The van der Waals surface area contributed by atoms with Crippen molar-refractivity contribution in [1.82, 2.24) is 10.6 Å². The van der Waals surface area contributed by atoms with Gasteiger partial charge in [0.2, 0.25) is 0 Å². The number of benzene rings is 1. The van der Waals surface area contributed by atoms with Crippen LogP contribution in [0.15, 0.2) is 35.3 Å². The Hall–Kier alpha value is -0.870. The van der Waals surface area contributed by atoms with E-state index in [-0.39, 0.29) is 35.1 Å². The number of aliphatic hydroxyl groups excluding tert-OH is 1. The van der Waals surface area contributed by atoms with Gasteiger partial charge in [0.15, 0.2) is 5.96 Å². The third kappa shape index (κ3) is 8.22. The summed E-state index contributed by atoms with van der Waals surface area (Å²) in [5.41, 5.74) is 0.718. The molecule has 1 aromatic carbocycles. The summed E-state index contributed by atoms with van der Waals surface area (Å²) in [6, 6.07) is 9.56. The standard InChI is InChI=1S/C18H29N3O3S.HI/c1-3-19-17(21-13-18(10-11-18)14-25(2,23)24)20-12-9-16(22)15-7-5-4-6-8-15;/h4-8,16,22H,3,9-14H2,1-2H3,(H2,19,20,21);1H. The van der Waals surface area contributed by atoms with Gasteiger partial charge in [-0.15, -0.1) is 24.0 Å². The minimum absolute atomic E-state index is 0. The van der Waals surface area contributed by atoms with Crippen molar-refractivity contribution in [3.63, 3.8) is 0 Å². The second-order valence-electron chi connectivity index (χ2n) is 6.91. The lowest BCUT2D eigenvalue weighted by atomic mass is 10.1.